The van der Waals surface area contributed by atoms with Crippen molar-refractivity contribution < 1.29 is 9.72 Å². The number of nitro groups is 1. The number of aromatic nitrogens is 1. The zero-order chi connectivity index (χ0) is 15.9. The molecule has 0 spiro atoms. The fourth-order valence-corrected chi connectivity index (χ4v) is 2.11. The molecule has 0 radical (unpaired) electrons. The highest BCUT2D eigenvalue weighted by Crippen LogP contribution is 2.25. The van der Waals surface area contributed by atoms with Crippen molar-refractivity contribution in [3.63, 3.8) is 0 Å². The third kappa shape index (κ3) is 4.12. The first-order valence-electron chi connectivity index (χ1n) is 7.07. The zero-order valence-electron chi connectivity index (χ0n) is 12.3. The van der Waals surface area contributed by atoms with E-state index in [9.17, 15) is 14.9 Å². The molecule has 1 N–H and O–H groups in total. The first-order chi connectivity index (χ1) is 10.6. The Morgan fingerprint density at radius 3 is 2.77 bits per heavy atom. The van der Waals surface area contributed by atoms with Crippen molar-refractivity contribution in [3.8, 4) is 0 Å². The highest BCUT2D eigenvalue weighted by atomic mass is 16.6. The van der Waals surface area contributed by atoms with E-state index in [1.54, 1.807) is 24.4 Å². The number of anilines is 1. The maximum Gasteiger partial charge on any atom is 0.275 e. The van der Waals surface area contributed by atoms with E-state index in [2.05, 4.69) is 10.3 Å². The lowest BCUT2D eigenvalue weighted by Gasteiger charge is -2.07. The van der Waals surface area contributed by atoms with Crippen LogP contribution in [-0.4, -0.2) is 15.8 Å². The molecule has 6 nitrogen and oxygen atoms in total. The first kappa shape index (κ1) is 15.6. The third-order valence-electron chi connectivity index (χ3n) is 3.14. The van der Waals surface area contributed by atoms with Gasteiger partial charge in [-0.3, -0.25) is 19.9 Å². The monoisotopic (exact) mass is 299 g/mol. The molecule has 0 saturated carbocycles. The van der Waals surface area contributed by atoms with E-state index in [0.29, 0.717) is 24.1 Å². The smallest absolute Gasteiger partial charge is 0.275 e. The van der Waals surface area contributed by atoms with Crippen molar-refractivity contribution in [2.45, 2.75) is 26.2 Å². The molecule has 0 aliphatic rings. The maximum absolute atomic E-state index is 11.6. The Labute approximate surface area is 128 Å². The molecule has 114 valence electrons. The molecule has 22 heavy (non-hydrogen) atoms. The van der Waals surface area contributed by atoms with Crippen molar-refractivity contribution >= 4 is 17.3 Å². The van der Waals surface area contributed by atoms with E-state index in [1.807, 2.05) is 19.1 Å². The molecule has 1 aromatic carbocycles. The molecule has 1 aromatic heterocycles. The Morgan fingerprint density at radius 1 is 1.32 bits per heavy atom. The third-order valence-corrected chi connectivity index (χ3v) is 3.14. The van der Waals surface area contributed by atoms with Gasteiger partial charge in [0.2, 0.25) is 5.91 Å². The van der Waals surface area contributed by atoms with Crippen molar-refractivity contribution in [2.75, 3.05) is 5.32 Å². The number of nitrogens with one attached hydrogen (secondary N) is 1. The molecule has 0 atom stereocenters. The molecule has 1 amide bonds. The summed E-state index contributed by atoms with van der Waals surface area (Å²) >= 11 is 0. The Balaban J connectivity index is 2.24. The number of carbonyl (C=O) groups is 1. The average molecular weight is 299 g/mol. The predicted molar refractivity (Wildman–Crippen MR) is 83.7 cm³/mol. The lowest BCUT2D eigenvalue weighted by Crippen LogP contribution is -2.11. The highest BCUT2D eigenvalue weighted by Gasteiger charge is 2.16. The Kier molecular flexibility index (Phi) is 5.19. The van der Waals surface area contributed by atoms with Gasteiger partial charge >= 0.3 is 0 Å². The van der Waals surface area contributed by atoms with Crippen LogP contribution in [-0.2, 0) is 11.2 Å². The summed E-state index contributed by atoms with van der Waals surface area (Å²) < 4.78 is 0. The number of pyridine rings is 1. The fraction of sp³-hybridized carbons (Fsp3) is 0.250. The van der Waals surface area contributed by atoms with Gasteiger partial charge in [0.1, 0.15) is 0 Å². The number of amides is 1. The first-order valence-corrected chi connectivity index (χ1v) is 7.07. The molecule has 0 unspecified atom stereocenters. The van der Waals surface area contributed by atoms with Gasteiger partial charge in [-0.2, -0.15) is 0 Å². The quantitative estimate of drug-likeness (QED) is 0.655. The van der Waals surface area contributed by atoms with Crippen LogP contribution in [0.3, 0.4) is 0 Å². The van der Waals surface area contributed by atoms with Crippen LogP contribution in [0.15, 0.2) is 42.6 Å². The van der Waals surface area contributed by atoms with Crippen molar-refractivity contribution in [1.82, 2.24) is 4.98 Å². The van der Waals surface area contributed by atoms with E-state index in [4.69, 9.17) is 0 Å². The van der Waals surface area contributed by atoms with E-state index in [-0.39, 0.29) is 11.6 Å². The standard InChI is InChI=1S/C16H17N3O3/c1-2-5-16(20)18-14-8-7-12(15(11-14)19(21)22)10-13-6-3-4-9-17-13/h3-4,6-9,11H,2,5,10H2,1H3,(H,18,20). The number of carbonyl (C=O) groups excluding carboxylic acids is 1. The largest absolute Gasteiger partial charge is 0.326 e. The van der Waals surface area contributed by atoms with Crippen LogP contribution in [0.25, 0.3) is 0 Å². The van der Waals surface area contributed by atoms with E-state index < -0.39 is 4.92 Å². The molecular weight excluding hydrogens is 282 g/mol. The molecule has 0 fully saturated rings. The van der Waals surface area contributed by atoms with E-state index in [0.717, 1.165) is 12.1 Å². The van der Waals surface area contributed by atoms with Gasteiger partial charge in [-0.25, -0.2) is 0 Å². The Bertz CT molecular complexity index is 672. The summed E-state index contributed by atoms with van der Waals surface area (Å²) in [6.07, 6.45) is 3.15. The van der Waals surface area contributed by atoms with Crippen molar-refractivity contribution in [2.24, 2.45) is 0 Å². The van der Waals surface area contributed by atoms with Crippen LogP contribution in [0.2, 0.25) is 0 Å². The van der Waals surface area contributed by atoms with Crippen LogP contribution < -0.4 is 5.32 Å². The summed E-state index contributed by atoms with van der Waals surface area (Å²) in [6.45, 7) is 1.90. The number of hydrogen-bond donors (Lipinski definition) is 1. The molecule has 0 saturated heterocycles. The number of nitro benzene ring substituents is 1. The summed E-state index contributed by atoms with van der Waals surface area (Å²) in [5.41, 5.74) is 1.75. The predicted octanol–water partition coefficient (Wildman–Crippen LogP) is 3.32. The molecule has 0 bridgehead atoms. The number of benzene rings is 1. The summed E-state index contributed by atoms with van der Waals surface area (Å²) in [7, 11) is 0. The topological polar surface area (TPSA) is 85.1 Å². The second kappa shape index (κ2) is 7.31. The van der Waals surface area contributed by atoms with Crippen molar-refractivity contribution in [1.29, 1.82) is 0 Å². The molecular formula is C16H17N3O3. The summed E-state index contributed by atoms with van der Waals surface area (Å²) in [6, 6.07) is 10.2. The molecule has 2 rings (SSSR count). The zero-order valence-corrected chi connectivity index (χ0v) is 12.3. The van der Waals surface area contributed by atoms with E-state index in [1.165, 1.54) is 6.07 Å². The highest BCUT2D eigenvalue weighted by molar-refractivity contribution is 5.91. The van der Waals surface area contributed by atoms with Crippen LogP contribution in [0.5, 0.6) is 0 Å². The van der Waals surface area contributed by atoms with Crippen LogP contribution in [0.4, 0.5) is 11.4 Å². The van der Waals surface area contributed by atoms with E-state index >= 15 is 0 Å². The Hall–Kier alpha value is -2.76. The second-order valence-electron chi connectivity index (χ2n) is 4.90. The number of rotatable bonds is 6. The molecule has 6 heteroatoms. The molecule has 0 aliphatic carbocycles. The van der Waals surface area contributed by atoms with Gasteiger partial charge < -0.3 is 5.32 Å². The van der Waals surface area contributed by atoms with Gasteiger partial charge in [0.05, 0.1) is 4.92 Å². The number of nitrogens with zero attached hydrogens (tertiary/aromatic N) is 2. The summed E-state index contributed by atoms with van der Waals surface area (Å²) in [4.78, 5) is 26.6. The molecule has 1 heterocycles. The maximum atomic E-state index is 11.6. The van der Waals surface area contributed by atoms with Crippen molar-refractivity contribution in [3.05, 3.63) is 64.0 Å². The van der Waals surface area contributed by atoms with Gasteiger partial charge in [0.15, 0.2) is 0 Å². The normalized spacial score (nSPS) is 10.2. The SMILES string of the molecule is CCCC(=O)Nc1ccc(Cc2ccccn2)c([N+](=O)[O-])c1. The lowest BCUT2D eigenvalue weighted by molar-refractivity contribution is -0.385. The van der Waals surface area contributed by atoms with Gasteiger partial charge in [0.25, 0.3) is 5.69 Å². The van der Waals surface area contributed by atoms with Gasteiger partial charge in [-0.05, 0) is 30.7 Å². The lowest BCUT2D eigenvalue weighted by atomic mass is 10.1. The number of hydrogen-bond acceptors (Lipinski definition) is 4. The van der Waals surface area contributed by atoms with Gasteiger partial charge in [-0.15, -0.1) is 0 Å². The minimum Gasteiger partial charge on any atom is -0.326 e. The minimum absolute atomic E-state index is 0.0139. The van der Waals surface area contributed by atoms with Gasteiger partial charge in [0, 0.05) is 42.0 Å². The fourth-order valence-electron chi connectivity index (χ4n) is 2.11. The summed E-state index contributed by atoms with van der Waals surface area (Å²) in [5.74, 6) is -0.144. The Morgan fingerprint density at radius 2 is 2.14 bits per heavy atom. The van der Waals surface area contributed by atoms with Crippen LogP contribution in [0.1, 0.15) is 31.0 Å². The minimum atomic E-state index is -0.437. The second-order valence-corrected chi connectivity index (χ2v) is 4.90. The summed E-state index contributed by atoms with van der Waals surface area (Å²) in [5, 5.41) is 13.9. The van der Waals surface area contributed by atoms with Gasteiger partial charge in [-0.1, -0.05) is 13.0 Å². The average Bonchev–Trinajstić information content (AvgIpc) is 2.50. The molecule has 2 aromatic rings. The van der Waals surface area contributed by atoms with Crippen LogP contribution >= 0.6 is 0 Å². The molecule has 0 aliphatic heterocycles. The van der Waals surface area contributed by atoms with Crippen LogP contribution in [0, 0.1) is 10.1 Å².